The highest BCUT2D eigenvalue weighted by atomic mass is 32.2. The fourth-order valence-electron chi connectivity index (χ4n) is 6.27. The first-order valence-electron chi connectivity index (χ1n) is 16.6. The monoisotopic (exact) mass is 704 g/mol. The lowest BCUT2D eigenvalue weighted by Crippen LogP contribution is -2.52. The number of nitrogens with one attached hydrogen (secondary N) is 2. The number of benzene rings is 2. The van der Waals surface area contributed by atoms with Crippen LogP contribution in [-0.4, -0.2) is 113 Å². The van der Waals surface area contributed by atoms with Gasteiger partial charge in [-0.05, 0) is 48.8 Å². The number of sulfonamides is 1. The minimum atomic E-state index is -4.18. The lowest BCUT2D eigenvalue weighted by molar-refractivity contribution is -0.0907. The first-order chi connectivity index (χ1) is 23.3. The molecule has 2 aromatic carbocycles. The second-order valence-corrected chi connectivity index (χ2v) is 15.6. The number of carbonyl (C=O) groups is 2. The second-order valence-electron chi connectivity index (χ2n) is 13.7. The van der Waals surface area contributed by atoms with Crippen LogP contribution in [0.2, 0.25) is 0 Å². The van der Waals surface area contributed by atoms with Gasteiger partial charge in [-0.3, -0.25) is 0 Å². The number of hydrogen-bond acceptors (Lipinski definition) is 10. The Morgan fingerprint density at radius 2 is 1.84 bits per heavy atom. The van der Waals surface area contributed by atoms with Crippen LogP contribution in [-0.2, 0) is 30.7 Å². The summed E-state index contributed by atoms with van der Waals surface area (Å²) in [6.45, 7) is 4.76. The topological polar surface area (TPSA) is 165 Å². The summed E-state index contributed by atoms with van der Waals surface area (Å²) in [5, 5.41) is 17.4. The molecule has 0 saturated carbocycles. The van der Waals surface area contributed by atoms with Gasteiger partial charge in [0, 0.05) is 39.8 Å². The van der Waals surface area contributed by atoms with Gasteiger partial charge in [0.1, 0.15) is 6.10 Å². The lowest BCUT2D eigenvalue weighted by atomic mass is 9.87. The van der Waals surface area contributed by atoms with Gasteiger partial charge in [0.05, 0.1) is 36.2 Å². The van der Waals surface area contributed by atoms with Crippen molar-refractivity contribution in [2.75, 3.05) is 53.7 Å². The van der Waals surface area contributed by atoms with Crippen LogP contribution < -0.4 is 20.1 Å². The van der Waals surface area contributed by atoms with Gasteiger partial charge in [0.2, 0.25) is 16.8 Å². The number of nitrogens with zero attached hydrogens (tertiary/aromatic N) is 2. The van der Waals surface area contributed by atoms with Gasteiger partial charge >= 0.3 is 12.1 Å². The zero-order valence-electron chi connectivity index (χ0n) is 28.5. The van der Waals surface area contributed by atoms with E-state index in [1.807, 2.05) is 44.2 Å². The molecule has 3 amide bonds. The zero-order valence-corrected chi connectivity index (χ0v) is 29.3. The number of ether oxygens (including phenoxy) is 5. The normalized spacial score (nSPS) is 21.2. The molecule has 3 aliphatic heterocycles. The van der Waals surface area contributed by atoms with E-state index >= 15 is 0 Å². The molecule has 5 rings (SSSR count). The molecule has 2 saturated heterocycles. The van der Waals surface area contributed by atoms with Crippen molar-refractivity contribution in [1.29, 1.82) is 0 Å². The summed E-state index contributed by atoms with van der Waals surface area (Å²) in [6.07, 6.45) is -0.824. The van der Waals surface area contributed by atoms with Crippen LogP contribution in [0.15, 0.2) is 53.4 Å². The van der Waals surface area contributed by atoms with Crippen LogP contribution in [0.4, 0.5) is 9.59 Å². The van der Waals surface area contributed by atoms with Crippen LogP contribution in [0.25, 0.3) is 0 Å². The van der Waals surface area contributed by atoms with E-state index in [2.05, 4.69) is 10.6 Å². The quantitative estimate of drug-likeness (QED) is 0.235. The highest BCUT2D eigenvalue weighted by molar-refractivity contribution is 7.89. The Labute approximate surface area is 288 Å². The average molecular weight is 705 g/mol. The van der Waals surface area contributed by atoms with Crippen molar-refractivity contribution in [3.05, 3.63) is 54.1 Å². The molecule has 270 valence electrons. The molecule has 5 atom stereocenters. The fourth-order valence-corrected chi connectivity index (χ4v) is 7.93. The fraction of sp³-hybridized carbons (Fsp3) is 0.588. The summed E-state index contributed by atoms with van der Waals surface area (Å²) in [6, 6.07) is 12.6. The van der Waals surface area contributed by atoms with Crippen molar-refractivity contribution >= 4 is 22.1 Å². The summed E-state index contributed by atoms with van der Waals surface area (Å²) in [5.74, 6) is 0.693. The third-order valence-electron chi connectivity index (χ3n) is 9.00. The highest BCUT2D eigenvalue weighted by Gasteiger charge is 2.44. The van der Waals surface area contributed by atoms with E-state index < -0.39 is 46.1 Å². The van der Waals surface area contributed by atoms with Crippen molar-refractivity contribution in [3.8, 4) is 11.5 Å². The highest BCUT2D eigenvalue weighted by Crippen LogP contribution is 2.36. The lowest BCUT2D eigenvalue weighted by Gasteiger charge is -2.35. The van der Waals surface area contributed by atoms with Crippen LogP contribution in [0.5, 0.6) is 11.5 Å². The van der Waals surface area contributed by atoms with Crippen LogP contribution in [0.1, 0.15) is 38.7 Å². The minimum absolute atomic E-state index is 0.0109. The molecule has 15 heteroatoms. The maximum atomic E-state index is 14.3. The van der Waals surface area contributed by atoms with E-state index in [-0.39, 0.29) is 49.8 Å². The minimum Gasteiger partial charge on any atom is -0.454 e. The van der Waals surface area contributed by atoms with Gasteiger partial charge in [-0.15, -0.1) is 0 Å². The molecule has 0 bridgehead atoms. The number of hydrogen-bond donors (Lipinski definition) is 3. The Balaban J connectivity index is 1.35. The summed E-state index contributed by atoms with van der Waals surface area (Å²) in [5.41, 5.74) is 0.279. The maximum absolute atomic E-state index is 14.3. The first kappa shape index (κ1) is 36.6. The van der Waals surface area contributed by atoms with Crippen molar-refractivity contribution in [2.24, 2.45) is 11.3 Å². The molecular formula is C34H48N4O10S. The molecule has 3 N–H and O–H groups in total. The van der Waals surface area contributed by atoms with E-state index in [4.69, 9.17) is 23.7 Å². The Kier molecular flexibility index (Phi) is 11.9. The molecule has 0 spiro atoms. The first-order valence-corrected chi connectivity index (χ1v) is 18.0. The molecule has 3 aliphatic rings. The number of carbonyl (C=O) groups excluding carboxylic acids is 2. The SMILES string of the molecule is CN(C)C(=O)NCCCC(C)(C)CN(C[C@H](O)[C@H](Cc1ccccc1)NC(=O)O[C@H]1CO[C@H]2OCC[C@H]21)S(=O)(=O)c1ccc2c(c1)OCO2. The number of rotatable bonds is 15. The molecule has 49 heavy (non-hydrogen) atoms. The van der Waals surface area contributed by atoms with Crippen LogP contribution in [0, 0.1) is 11.3 Å². The molecule has 14 nitrogen and oxygen atoms in total. The van der Waals surface area contributed by atoms with Crippen molar-refractivity contribution < 1.29 is 46.8 Å². The number of aliphatic hydroxyl groups is 1. The van der Waals surface area contributed by atoms with Gasteiger partial charge < -0.3 is 44.3 Å². The number of aliphatic hydroxyl groups excluding tert-OH is 1. The van der Waals surface area contributed by atoms with E-state index in [9.17, 15) is 23.1 Å². The van der Waals surface area contributed by atoms with Gasteiger partial charge in [-0.25, -0.2) is 18.0 Å². The van der Waals surface area contributed by atoms with E-state index in [1.165, 1.54) is 21.3 Å². The zero-order chi connectivity index (χ0) is 35.2. The summed E-state index contributed by atoms with van der Waals surface area (Å²) in [4.78, 5) is 26.7. The Morgan fingerprint density at radius 1 is 1.08 bits per heavy atom. The van der Waals surface area contributed by atoms with Crippen molar-refractivity contribution in [2.45, 2.75) is 69.0 Å². The molecule has 2 aromatic rings. The van der Waals surface area contributed by atoms with Gasteiger partial charge in [-0.1, -0.05) is 44.2 Å². The second kappa shape index (κ2) is 15.9. The molecule has 3 heterocycles. The summed E-state index contributed by atoms with van der Waals surface area (Å²) in [7, 11) is -0.865. The maximum Gasteiger partial charge on any atom is 0.407 e. The summed E-state index contributed by atoms with van der Waals surface area (Å²) >= 11 is 0. The van der Waals surface area contributed by atoms with Gasteiger partial charge in [0.15, 0.2) is 17.8 Å². The molecule has 2 fully saturated rings. The Morgan fingerprint density at radius 3 is 2.59 bits per heavy atom. The summed E-state index contributed by atoms with van der Waals surface area (Å²) < 4.78 is 57.6. The predicted octanol–water partition coefficient (Wildman–Crippen LogP) is 2.94. The molecule has 0 radical (unpaired) electrons. The number of urea groups is 1. The third-order valence-corrected chi connectivity index (χ3v) is 10.8. The van der Waals surface area contributed by atoms with Crippen LogP contribution >= 0.6 is 0 Å². The number of alkyl carbamates (subject to hydrolysis) is 1. The van der Waals surface area contributed by atoms with Gasteiger partial charge in [-0.2, -0.15) is 4.31 Å². The molecule has 0 aromatic heterocycles. The molecule has 0 aliphatic carbocycles. The van der Waals surface area contributed by atoms with Gasteiger partial charge in [0.25, 0.3) is 0 Å². The standard InChI is InChI=1S/C34H48N4O10S/c1-34(2,14-8-15-35-32(40)37(3)4)21-38(49(42,43)24-11-12-28-29(18-24)47-22-46-28)19-27(39)26(17-23-9-6-5-7-10-23)36-33(41)48-30-20-45-31-25(30)13-16-44-31/h5-7,9-12,18,25-27,30-31,39H,8,13-17,19-22H2,1-4H3,(H,35,40)(H,36,41)/t25-,26-,27-,30-,31+/m0/s1. The molecule has 0 unspecified atom stereocenters. The van der Waals surface area contributed by atoms with E-state index in [1.54, 1.807) is 20.2 Å². The Hall–Kier alpha value is -3.63. The van der Waals surface area contributed by atoms with Crippen molar-refractivity contribution in [1.82, 2.24) is 19.8 Å². The number of fused-ring (bicyclic) bond motifs is 2. The smallest absolute Gasteiger partial charge is 0.407 e. The van der Waals surface area contributed by atoms with E-state index in [0.29, 0.717) is 43.9 Å². The largest absolute Gasteiger partial charge is 0.454 e. The molecular weight excluding hydrogens is 656 g/mol. The van der Waals surface area contributed by atoms with Crippen molar-refractivity contribution in [3.63, 3.8) is 0 Å². The van der Waals surface area contributed by atoms with Crippen LogP contribution in [0.3, 0.4) is 0 Å². The van der Waals surface area contributed by atoms with E-state index in [0.717, 1.165) is 5.56 Å². The average Bonchev–Trinajstić information content (AvgIpc) is 3.81. The Bertz CT molecular complexity index is 1540. The number of amides is 3. The third kappa shape index (κ3) is 9.54. The predicted molar refractivity (Wildman–Crippen MR) is 179 cm³/mol.